The highest BCUT2D eigenvalue weighted by Gasteiger charge is 2.20. The molecule has 0 radical (unpaired) electrons. The molecular weight excluding hydrogens is 319 g/mol. The maximum Gasteiger partial charge on any atom is 0.204 e. The number of phenols is 3. The minimum atomic E-state index is -0.564. The molecule has 0 aliphatic carbocycles. The molecule has 0 spiro atoms. The third-order valence-corrected chi connectivity index (χ3v) is 3.99. The Hall–Kier alpha value is -2.11. The molecule has 0 aliphatic heterocycles. The highest BCUT2D eigenvalue weighted by molar-refractivity contribution is 6.37. The summed E-state index contributed by atoms with van der Waals surface area (Å²) in [6.45, 7) is 1.60. The molecule has 0 fully saturated rings. The van der Waals surface area contributed by atoms with Gasteiger partial charge in [0.1, 0.15) is 32.5 Å². The van der Waals surface area contributed by atoms with Crippen LogP contribution in [0.3, 0.4) is 0 Å². The lowest BCUT2D eigenvalue weighted by Gasteiger charge is -2.09. The Bertz CT molecular complexity index is 968. The van der Waals surface area contributed by atoms with Crippen LogP contribution in [0.1, 0.15) is 5.56 Å². The molecule has 0 amide bonds. The molecule has 1 heterocycles. The molecule has 21 heavy (non-hydrogen) atoms. The molecule has 0 atom stereocenters. The van der Waals surface area contributed by atoms with E-state index in [0.717, 1.165) is 6.07 Å². The Kier molecular flexibility index (Phi) is 2.93. The van der Waals surface area contributed by atoms with Crippen LogP contribution in [0.4, 0.5) is 0 Å². The molecule has 108 valence electrons. The third kappa shape index (κ3) is 1.81. The largest absolute Gasteiger partial charge is 0.506 e. The molecule has 5 nitrogen and oxygen atoms in total. The van der Waals surface area contributed by atoms with E-state index in [2.05, 4.69) is 0 Å². The summed E-state index contributed by atoms with van der Waals surface area (Å²) in [6.07, 6.45) is 0. The van der Waals surface area contributed by atoms with E-state index in [9.17, 15) is 20.1 Å². The number of benzene rings is 2. The van der Waals surface area contributed by atoms with Gasteiger partial charge in [0.2, 0.25) is 5.43 Å². The van der Waals surface area contributed by atoms with Crippen molar-refractivity contribution in [1.29, 1.82) is 0 Å². The second-order valence-corrected chi connectivity index (χ2v) is 5.35. The van der Waals surface area contributed by atoms with Crippen LogP contribution < -0.4 is 5.43 Å². The van der Waals surface area contributed by atoms with Gasteiger partial charge in [-0.2, -0.15) is 0 Å². The van der Waals surface area contributed by atoms with Crippen LogP contribution in [0.2, 0.25) is 10.0 Å². The van der Waals surface area contributed by atoms with Gasteiger partial charge in [0.25, 0.3) is 0 Å². The normalized spacial score (nSPS) is 11.4. The Labute approximate surface area is 127 Å². The van der Waals surface area contributed by atoms with Gasteiger partial charge >= 0.3 is 0 Å². The fraction of sp³-hybridized carbons (Fsp3) is 0.0714. The molecule has 0 bridgehead atoms. The topological polar surface area (TPSA) is 90.9 Å². The maximum absolute atomic E-state index is 12.6. The quantitative estimate of drug-likeness (QED) is 0.548. The summed E-state index contributed by atoms with van der Waals surface area (Å²) in [4.78, 5) is 12.6. The minimum Gasteiger partial charge on any atom is -0.506 e. The molecule has 2 aromatic carbocycles. The van der Waals surface area contributed by atoms with Crippen molar-refractivity contribution in [2.75, 3.05) is 0 Å². The van der Waals surface area contributed by atoms with Crippen LogP contribution in [-0.2, 0) is 0 Å². The van der Waals surface area contributed by atoms with Gasteiger partial charge in [0.15, 0.2) is 11.3 Å². The highest BCUT2D eigenvalue weighted by atomic mass is 35.5. The summed E-state index contributed by atoms with van der Waals surface area (Å²) in [5.41, 5.74) is -0.220. The monoisotopic (exact) mass is 326 g/mol. The zero-order valence-electron chi connectivity index (χ0n) is 10.6. The van der Waals surface area contributed by atoms with Crippen molar-refractivity contribution in [2.45, 2.75) is 6.92 Å². The van der Waals surface area contributed by atoms with Crippen molar-refractivity contribution in [3.05, 3.63) is 38.0 Å². The first-order valence-corrected chi connectivity index (χ1v) is 6.57. The van der Waals surface area contributed by atoms with Crippen molar-refractivity contribution in [3.63, 3.8) is 0 Å². The van der Waals surface area contributed by atoms with Crippen LogP contribution in [0, 0.1) is 6.92 Å². The fourth-order valence-electron chi connectivity index (χ4n) is 2.27. The SMILES string of the molecule is Cc1cc(O)c(Cl)c2oc3cc(O)c(Cl)c(O)c3c(=O)c12. The van der Waals surface area contributed by atoms with E-state index in [-0.39, 0.29) is 37.7 Å². The summed E-state index contributed by atoms with van der Waals surface area (Å²) in [6, 6.07) is 2.43. The number of halogens is 2. The Morgan fingerprint density at radius 1 is 1.00 bits per heavy atom. The summed E-state index contributed by atoms with van der Waals surface area (Å²) in [5.74, 6) is -1.23. The van der Waals surface area contributed by atoms with Gasteiger partial charge in [-0.15, -0.1) is 0 Å². The first-order chi connectivity index (χ1) is 9.82. The number of aryl methyl sites for hydroxylation is 1. The summed E-state index contributed by atoms with van der Waals surface area (Å²) < 4.78 is 5.47. The van der Waals surface area contributed by atoms with Gasteiger partial charge in [-0.3, -0.25) is 4.79 Å². The molecule has 0 saturated heterocycles. The smallest absolute Gasteiger partial charge is 0.204 e. The number of fused-ring (bicyclic) bond motifs is 2. The van der Waals surface area contributed by atoms with Crippen LogP contribution >= 0.6 is 23.2 Å². The summed E-state index contributed by atoms with van der Waals surface area (Å²) in [7, 11) is 0. The highest BCUT2D eigenvalue weighted by Crippen LogP contribution is 2.41. The lowest BCUT2D eigenvalue weighted by molar-refractivity contribution is 0.453. The molecule has 1 aromatic heterocycles. The number of hydrogen-bond acceptors (Lipinski definition) is 5. The van der Waals surface area contributed by atoms with Crippen molar-refractivity contribution in [1.82, 2.24) is 0 Å². The second kappa shape index (κ2) is 4.44. The molecule has 3 N–H and O–H groups in total. The van der Waals surface area contributed by atoms with Crippen molar-refractivity contribution in [2.24, 2.45) is 0 Å². The van der Waals surface area contributed by atoms with Crippen molar-refractivity contribution >= 4 is 45.1 Å². The fourth-order valence-corrected chi connectivity index (χ4v) is 2.60. The van der Waals surface area contributed by atoms with E-state index in [1.165, 1.54) is 6.07 Å². The predicted octanol–water partition coefficient (Wildman–Crippen LogP) is 3.68. The van der Waals surface area contributed by atoms with Crippen LogP contribution in [0.15, 0.2) is 21.3 Å². The molecular formula is C14H8Cl2O5. The molecule has 3 rings (SSSR count). The number of aromatic hydroxyl groups is 3. The zero-order valence-corrected chi connectivity index (χ0v) is 12.1. The van der Waals surface area contributed by atoms with Gasteiger partial charge in [-0.25, -0.2) is 0 Å². The molecule has 3 aromatic rings. The van der Waals surface area contributed by atoms with E-state index >= 15 is 0 Å². The van der Waals surface area contributed by atoms with Gasteiger partial charge in [-0.1, -0.05) is 23.2 Å². The van der Waals surface area contributed by atoms with Gasteiger partial charge in [0.05, 0.1) is 5.39 Å². The minimum absolute atomic E-state index is 0.0206. The molecule has 7 heteroatoms. The van der Waals surface area contributed by atoms with Gasteiger partial charge in [-0.05, 0) is 18.6 Å². The number of hydrogen-bond donors (Lipinski definition) is 3. The molecule has 0 saturated carbocycles. The predicted molar refractivity (Wildman–Crippen MR) is 79.7 cm³/mol. The second-order valence-electron chi connectivity index (χ2n) is 4.59. The van der Waals surface area contributed by atoms with Gasteiger partial charge < -0.3 is 19.7 Å². The van der Waals surface area contributed by atoms with Crippen LogP contribution in [0.25, 0.3) is 21.9 Å². The average Bonchev–Trinajstić information content (AvgIpc) is 2.41. The van der Waals surface area contributed by atoms with E-state index in [0.29, 0.717) is 5.56 Å². The van der Waals surface area contributed by atoms with Crippen molar-refractivity contribution < 1.29 is 19.7 Å². The van der Waals surface area contributed by atoms with E-state index in [1.807, 2.05) is 0 Å². The number of phenolic OH excluding ortho intramolecular Hbond substituents is 3. The lowest BCUT2D eigenvalue weighted by atomic mass is 10.1. The standard InChI is InChI=1S/C14H8Cl2O5/c1-4-2-5(17)11(16)14-8(4)12(19)9-7(21-14)3-6(18)10(15)13(9)20/h2-3,17-18,20H,1H3. The Morgan fingerprint density at radius 2 is 1.62 bits per heavy atom. The molecule has 0 unspecified atom stereocenters. The van der Waals surface area contributed by atoms with E-state index < -0.39 is 16.9 Å². The first kappa shape index (κ1) is 13.9. The molecule has 0 aliphatic rings. The van der Waals surface area contributed by atoms with Crippen LogP contribution in [-0.4, -0.2) is 15.3 Å². The lowest BCUT2D eigenvalue weighted by Crippen LogP contribution is -2.05. The average molecular weight is 327 g/mol. The summed E-state index contributed by atoms with van der Waals surface area (Å²) in [5, 5.41) is 28.8. The van der Waals surface area contributed by atoms with E-state index in [1.54, 1.807) is 6.92 Å². The Morgan fingerprint density at radius 3 is 2.29 bits per heavy atom. The Balaban J connectivity index is 2.69. The number of rotatable bonds is 0. The van der Waals surface area contributed by atoms with Gasteiger partial charge in [0, 0.05) is 6.07 Å². The van der Waals surface area contributed by atoms with E-state index in [4.69, 9.17) is 27.6 Å². The van der Waals surface area contributed by atoms with Crippen molar-refractivity contribution in [3.8, 4) is 17.2 Å². The summed E-state index contributed by atoms with van der Waals surface area (Å²) >= 11 is 11.7. The maximum atomic E-state index is 12.6. The zero-order chi connectivity index (χ0) is 15.5. The first-order valence-electron chi connectivity index (χ1n) is 5.82. The van der Waals surface area contributed by atoms with Crippen LogP contribution in [0.5, 0.6) is 17.2 Å². The third-order valence-electron chi connectivity index (χ3n) is 3.25.